The van der Waals surface area contributed by atoms with Crippen molar-refractivity contribution in [3.8, 4) is 0 Å². The number of nitrogens with two attached hydrogens (primary N) is 1. The number of hydrogen-bond acceptors (Lipinski definition) is 3. The number of carbonyl (C=O) groups is 1. The van der Waals surface area contributed by atoms with Crippen molar-refractivity contribution in [3.63, 3.8) is 0 Å². The molecule has 14 heavy (non-hydrogen) atoms. The fourth-order valence-electron chi connectivity index (χ4n) is 2.49. The van der Waals surface area contributed by atoms with Crippen molar-refractivity contribution in [2.24, 2.45) is 11.1 Å². The van der Waals surface area contributed by atoms with Gasteiger partial charge in [-0.25, -0.2) is 0 Å². The molecule has 0 radical (unpaired) electrons. The van der Waals surface area contributed by atoms with Crippen molar-refractivity contribution >= 4 is 5.91 Å². The van der Waals surface area contributed by atoms with Gasteiger partial charge >= 0.3 is 0 Å². The largest absolute Gasteiger partial charge is 0.381 e. The Kier molecular flexibility index (Phi) is 2.74. The molecule has 2 rings (SSSR count). The molecule has 0 aromatic rings. The number of ether oxygens (including phenoxy) is 1. The summed E-state index contributed by atoms with van der Waals surface area (Å²) in [6.45, 7) is 3.63. The molecule has 2 N–H and O–H groups in total. The lowest BCUT2D eigenvalue weighted by Crippen LogP contribution is -2.38. The van der Waals surface area contributed by atoms with Crippen LogP contribution in [0.25, 0.3) is 0 Å². The van der Waals surface area contributed by atoms with Gasteiger partial charge in [-0.3, -0.25) is 4.79 Å². The van der Waals surface area contributed by atoms with E-state index in [1.54, 1.807) is 0 Å². The molecule has 0 atom stereocenters. The number of nitrogens with zero attached hydrogens (tertiary/aromatic N) is 1. The molecule has 0 aromatic carbocycles. The van der Waals surface area contributed by atoms with Crippen LogP contribution in [0.1, 0.15) is 19.3 Å². The van der Waals surface area contributed by atoms with Gasteiger partial charge in [-0.1, -0.05) is 0 Å². The monoisotopic (exact) mass is 198 g/mol. The molecule has 0 aliphatic carbocycles. The van der Waals surface area contributed by atoms with Gasteiger partial charge in [0, 0.05) is 26.3 Å². The van der Waals surface area contributed by atoms with E-state index in [0.717, 1.165) is 45.6 Å². The maximum Gasteiger partial charge on any atom is 0.236 e. The lowest BCUT2D eigenvalue weighted by Gasteiger charge is -2.33. The molecule has 2 aliphatic rings. The van der Waals surface area contributed by atoms with E-state index in [1.165, 1.54) is 0 Å². The highest BCUT2D eigenvalue weighted by molar-refractivity contribution is 5.78. The molecule has 4 heteroatoms. The molecule has 4 nitrogen and oxygen atoms in total. The number of carbonyl (C=O) groups excluding carboxylic acids is 1. The van der Waals surface area contributed by atoms with Crippen LogP contribution in [-0.2, 0) is 9.53 Å². The second-order valence-corrected chi connectivity index (χ2v) is 4.38. The predicted octanol–water partition coefficient (Wildman–Crippen LogP) is -0.0258. The number of likely N-dealkylation sites (tertiary alicyclic amines) is 1. The minimum atomic E-state index is 0.0911. The van der Waals surface area contributed by atoms with Crippen LogP contribution < -0.4 is 5.73 Å². The van der Waals surface area contributed by atoms with Crippen LogP contribution in [0.15, 0.2) is 0 Å². The molecule has 2 fully saturated rings. The molecule has 0 bridgehead atoms. The number of hydrogen-bond donors (Lipinski definition) is 1. The quantitative estimate of drug-likeness (QED) is 0.644. The molecule has 0 aromatic heterocycles. The first-order valence-corrected chi connectivity index (χ1v) is 5.31. The molecule has 2 heterocycles. The van der Waals surface area contributed by atoms with Crippen LogP contribution in [0.2, 0.25) is 0 Å². The Morgan fingerprint density at radius 1 is 1.36 bits per heavy atom. The highest BCUT2D eigenvalue weighted by atomic mass is 16.5. The van der Waals surface area contributed by atoms with Crippen LogP contribution in [0.5, 0.6) is 0 Å². The van der Waals surface area contributed by atoms with Gasteiger partial charge in [-0.05, 0) is 24.7 Å². The van der Waals surface area contributed by atoms with Crippen molar-refractivity contribution in [2.75, 3.05) is 32.8 Å². The molecular weight excluding hydrogens is 180 g/mol. The first kappa shape index (κ1) is 9.93. The smallest absolute Gasteiger partial charge is 0.236 e. The molecule has 0 unspecified atom stereocenters. The topological polar surface area (TPSA) is 55.6 Å². The van der Waals surface area contributed by atoms with Crippen molar-refractivity contribution in [1.82, 2.24) is 4.90 Å². The molecule has 80 valence electrons. The van der Waals surface area contributed by atoms with Crippen molar-refractivity contribution < 1.29 is 9.53 Å². The maximum absolute atomic E-state index is 11.4. The standard InChI is InChI=1S/C10H18N2O2/c11-7-9(13)12-4-1-10(8-12)2-5-14-6-3-10/h1-8,11H2. The summed E-state index contributed by atoms with van der Waals surface area (Å²) in [5.41, 5.74) is 5.70. The van der Waals surface area contributed by atoms with Crippen molar-refractivity contribution in [2.45, 2.75) is 19.3 Å². The Morgan fingerprint density at radius 3 is 2.71 bits per heavy atom. The van der Waals surface area contributed by atoms with Gasteiger partial charge in [0.1, 0.15) is 0 Å². The van der Waals surface area contributed by atoms with Crippen LogP contribution in [0, 0.1) is 5.41 Å². The summed E-state index contributed by atoms with van der Waals surface area (Å²) >= 11 is 0. The third-order valence-corrected chi connectivity index (χ3v) is 3.52. The zero-order valence-electron chi connectivity index (χ0n) is 8.50. The average molecular weight is 198 g/mol. The van der Waals surface area contributed by atoms with Crippen LogP contribution in [0.4, 0.5) is 0 Å². The van der Waals surface area contributed by atoms with E-state index in [9.17, 15) is 4.79 Å². The Morgan fingerprint density at radius 2 is 2.07 bits per heavy atom. The molecule has 2 saturated heterocycles. The minimum Gasteiger partial charge on any atom is -0.381 e. The van der Waals surface area contributed by atoms with E-state index in [1.807, 2.05) is 4.90 Å². The zero-order valence-corrected chi connectivity index (χ0v) is 8.50. The van der Waals surface area contributed by atoms with Gasteiger partial charge in [-0.15, -0.1) is 0 Å². The third kappa shape index (κ3) is 1.77. The molecule has 1 amide bonds. The molecule has 2 aliphatic heterocycles. The van der Waals surface area contributed by atoms with Gasteiger partial charge < -0.3 is 15.4 Å². The zero-order chi connectivity index (χ0) is 10.0. The Bertz CT molecular complexity index is 224. The van der Waals surface area contributed by atoms with Crippen molar-refractivity contribution in [3.05, 3.63) is 0 Å². The number of amides is 1. The van der Waals surface area contributed by atoms with Crippen LogP contribution >= 0.6 is 0 Å². The van der Waals surface area contributed by atoms with Crippen LogP contribution in [0.3, 0.4) is 0 Å². The average Bonchev–Trinajstić information content (AvgIpc) is 2.62. The third-order valence-electron chi connectivity index (χ3n) is 3.52. The van der Waals surface area contributed by atoms with Gasteiger partial charge in [0.15, 0.2) is 0 Å². The fourth-order valence-corrected chi connectivity index (χ4v) is 2.49. The number of rotatable bonds is 1. The minimum absolute atomic E-state index is 0.0911. The molecule has 1 spiro atoms. The Balaban J connectivity index is 1.95. The fraction of sp³-hybridized carbons (Fsp3) is 0.900. The summed E-state index contributed by atoms with van der Waals surface area (Å²) < 4.78 is 5.35. The van der Waals surface area contributed by atoms with Crippen molar-refractivity contribution in [1.29, 1.82) is 0 Å². The first-order chi connectivity index (χ1) is 6.76. The highest BCUT2D eigenvalue weighted by Gasteiger charge is 2.40. The van der Waals surface area contributed by atoms with Gasteiger partial charge in [0.05, 0.1) is 6.54 Å². The molecule has 0 saturated carbocycles. The van der Waals surface area contributed by atoms with Gasteiger partial charge in [0.25, 0.3) is 0 Å². The lowest BCUT2D eigenvalue weighted by molar-refractivity contribution is -0.129. The van der Waals surface area contributed by atoms with E-state index in [-0.39, 0.29) is 12.5 Å². The Labute approximate surface area is 84.4 Å². The summed E-state index contributed by atoms with van der Waals surface area (Å²) in [5, 5.41) is 0. The van der Waals surface area contributed by atoms with E-state index in [2.05, 4.69) is 0 Å². The SMILES string of the molecule is NCC(=O)N1CCC2(CCOCC2)C1. The Hall–Kier alpha value is -0.610. The summed E-state index contributed by atoms with van der Waals surface area (Å²) in [4.78, 5) is 13.3. The summed E-state index contributed by atoms with van der Waals surface area (Å²) in [7, 11) is 0. The summed E-state index contributed by atoms with van der Waals surface area (Å²) in [5.74, 6) is 0.0911. The summed E-state index contributed by atoms with van der Waals surface area (Å²) in [6.07, 6.45) is 3.32. The van der Waals surface area contributed by atoms with E-state index in [4.69, 9.17) is 10.5 Å². The van der Waals surface area contributed by atoms with E-state index < -0.39 is 0 Å². The maximum atomic E-state index is 11.4. The predicted molar refractivity (Wildman–Crippen MR) is 52.7 cm³/mol. The first-order valence-electron chi connectivity index (χ1n) is 5.31. The van der Waals surface area contributed by atoms with Gasteiger partial charge in [0.2, 0.25) is 5.91 Å². The lowest BCUT2D eigenvalue weighted by atomic mass is 9.80. The molecular formula is C10H18N2O2. The second kappa shape index (κ2) is 3.87. The normalized spacial score (nSPS) is 25.6. The second-order valence-electron chi connectivity index (χ2n) is 4.38. The summed E-state index contributed by atoms with van der Waals surface area (Å²) in [6, 6.07) is 0. The van der Waals surface area contributed by atoms with Gasteiger partial charge in [-0.2, -0.15) is 0 Å². The highest BCUT2D eigenvalue weighted by Crippen LogP contribution is 2.39. The van der Waals surface area contributed by atoms with E-state index in [0.29, 0.717) is 5.41 Å². The van der Waals surface area contributed by atoms with E-state index >= 15 is 0 Å². The van der Waals surface area contributed by atoms with Crippen LogP contribution in [-0.4, -0.2) is 43.7 Å².